The van der Waals surface area contributed by atoms with Crippen molar-refractivity contribution in [2.75, 3.05) is 13.2 Å². The van der Waals surface area contributed by atoms with E-state index in [0.717, 1.165) is 19.3 Å². The Labute approximate surface area is 73.9 Å². The van der Waals surface area contributed by atoms with Gasteiger partial charge in [-0.25, -0.2) is 0 Å². The highest BCUT2D eigenvalue weighted by Crippen LogP contribution is 2.18. The van der Waals surface area contributed by atoms with Crippen molar-refractivity contribution >= 4 is 0 Å². The molecular weight excluding hydrogens is 152 g/mol. The summed E-state index contributed by atoms with van der Waals surface area (Å²) < 4.78 is 5.28. The van der Waals surface area contributed by atoms with Crippen molar-refractivity contribution in [2.24, 2.45) is 5.92 Å². The molecule has 1 heterocycles. The van der Waals surface area contributed by atoms with Crippen molar-refractivity contribution in [3.8, 4) is 11.8 Å². The highest BCUT2D eigenvalue weighted by molar-refractivity contribution is 4.95. The van der Waals surface area contributed by atoms with Crippen LogP contribution < -0.4 is 0 Å². The molecule has 0 aliphatic carbocycles. The van der Waals surface area contributed by atoms with Crippen LogP contribution in [-0.4, -0.2) is 24.4 Å². The van der Waals surface area contributed by atoms with E-state index in [2.05, 4.69) is 11.8 Å². The van der Waals surface area contributed by atoms with Crippen LogP contribution in [0.25, 0.3) is 0 Å². The standard InChI is InChI=1S/C10H16O2/c1-2-3-4-5-9-8-12-7-6-10(9)11/h9-11H,4-8H2,1H3. The van der Waals surface area contributed by atoms with E-state index >= 15 is 0 Å². The molecule has 1 aliphatic rings. The van der Waals surface area contributed by atoms with Crippen LogP contribution in [0.1, 0.15) is 26.2 Å². The third-order valence-electron chi connectivity index (χ3n) is 2.25. The Hall–Kier alpha value is -0.520. The van der Waals surface area contributed by atoms with Crippen LogP contribution in [0.4, 0.5) is 0 Å². The molecule has 1 aliphatic heterocycles. The Kier molecular flexibility index (Phi) is 4.13. The normalized spacial score (nSPS) is 29.2. The molecule has 68 valence electrons. The van der Waals surface area contributed by atoms with Gasteiger partial charge in [0.25, 0.3) is 0 Å². The zero-order valence-electron chi connectivity index (χ0n) is 7.55. The van der Waals surface area contributed by atoms with Crippen LogP contribution in [0.2, 0.25) is 0 Å². The molecule has 1 N–H and O–H groups in total. The lowest BCUT2D eigenvalue weighted by Crippen LogP contribution is -2.31. The van der Waals surface area contributed by atoms with Crippen molar-refractivity contribution in [1.29, 1.82) is 0 Å². The van der Waals surface area contributed by atoms with Crippen LogP contribution >= 0.6 is 0 Å². The highest BCUT2D eigenvalue weighted by Gasteiger charge is 2.22. The molecule has 1 rings (SSSR count). The molecule has 0 radical (unpaired) electrons. The molecule has 2 heteroatoms. The molecule has 0 aromatic heterocycles. The third kappa shape index (κ3) is 2.84. The van der Waals surface area contributed by atoms with Crippen LogP contribution in [0.3, 0.4) is 0 Å². The van der Waals surface area contributed by atoms with E-state index in [4.69, 9.17) is 4.74 Å². The molecule has 0 spiro atoms. The molecular formula is C10H16O2. The van der Waals surface area contributed by atoms with Crippen molar-refractivity contribution in [1.82, 2.24) is 0 Å². The summed E-state index contributed by atoms with van der Waals surface area (Å²) in [7, 11) is 0. The van der Waals surface area contributed by atoms with E-state index in [1.807, 2.05) is 6.92 Å². The largest absolute Gasteiger partial charge is 0.393 e. The maximum Gasteiger partial charge on any atom is 0.0612 e. The topological polar surface area (TPSA) is 29.5 Å². The predicted molar refractivity (Wildman–Crippen MR) is 47.6 cm³/mol. The summed E-state index contributed by atoms with van der Waals surface area (Å²) in [6, 6.07) is 0. The first-order valence-corrected chi connectivity index (χ1v) is 4.50. The number of aliphatic hydroxyl groups is 1. The highest BCUT2D eigenvalue weighted by atomic mass is 16.5. The quantitative estimate of drug-likeness (QED) is 0.627. The molecule has 12 heavy (non-hydrogen) atoms. The van der Waals surface area contributed by atoms with Gasteiger partial charge in [-0.1, -0.05) is 0 Å². The number of rotatable bonds is 2. The molecule has 2 atom stereocenters. The fraction of sp³-hybridized carbons (Fsp3) is 0.800. The molecule has 0 bridgehead atoms. The van der Waals surface area contributed by atoms with Crippen LogP contribution in [-0.2, 0) is 4.74 Å². The molecule has 2 unspecified atom stereocenters. The first kappa shape index (κ1) is 9.57. The van der Waals surface area contributed by atoms with E-state index in [1.54, 1.807) is 0 Å². The monoisotopic (exact) mass is 168 g/mol. The predicted octanol–water partition coefficient (Wildman–Crippen LogP) is 1.19. The second kappa shape index (κ2) is 5.18. The molecule has 0 saturated carbocycles. The minimum Gasteiger partial charge on any atom is -0.393 e. The number of hydrogen-bond donors (Lipinski definition) is 1. The van der Waals surface area contributed by atoms with E-state index < -0.39 is 0 Å². The molecule has 1 saturated heterocycles. The van der Waals surface area contributed by atoms with Gasteiger partial charge in [0.05, 0.1) is 12.7 Å². The lowest BCUT2D eigenvalue weighted by Gasteiger charge is -2.26. The average Bonchev–Trinajstić information content (AvgIpc) is 2.09. The second-order valence-corrected chi connectivity index (χ2v) is 3.16. The first-order chi connectivity index (χ1) is 5.84. The van der Waals surface area contributed by atoms with Gasteiger partial charge in [0.15, 0.2) is 0 Å². The van der Waals surface area contributed by atoms with Gasteiger partial charge in [-0.2, -0.15) is 0 Å². The number of ether oxygens (including phenoxy) is 1. The fourth-order valence-corrected chi connectivity index (χ4v) is 1.44. The average molecular weight is 168 g/mol. The molecule has 2 nitrogen and oxygen atoms in total. The summed E-state index contributed by atoms with van der Waals surface area (Å²) >= 11 is 0. The van der Waals surface area contributed by atoms with Gasteiger partial charge in [-0.05, 0) is 19.8 Å². The summed E-state index contributed by atoms with van der Waals surface area (Å²) in [6.07, 6.45) is 2.45. The van der Waals surface area contributed by atoms with Crippen LogP contribution in [0.15, 0.2) is 0 Å². The lowest BCUT2D eigenvalue weighted by molar-refractivity contribution is -0.0376. The minimum atomic E-state index is -0.169. The molecule has 0 aromatic carbocycles. The van der Waals surface area contributed by atoms with Gasteiger partial charge < -0.3 is 9.84 Å². The van der Waals surface area contributed by atoms with E-state index in [-0.39, 0.29) is 6.10 Å². The van der Waals surface area contributed by atoms with E-state index in [0.29, 0.717) is 19.1 Å². The summed E-state index contributed by atoms with van der Waals surface area (Å²) in [5.41, 5.74) is 0. The number of aliphatic hydroxyl groups excluding tert-OH is 1. The van der Waals surface area contributed by atoms with Gasteiger partial charge in [-0.15, -0.1) is 11.8 Å². The van der Waals surface area contributed by atoms with E-state index in [9.17, 15) is 5.11 Å². The zero-order valence-corrected chi connectivity index (χ0v) is 7.55. The smallest absolute Gasteiger partial charge is 0.0612 e. The van der Waals surface area contributed by atoms with Crippen molar-refractivity contribution in [3.05, 3.63) is 0 Å². The fourth-order valence-electron chi connectivity index (χ4n) is 1.44. The minimum absolute atomic E-state index is 0.169. The Morgan fingerprint density at radius 2 is 2.42 bits per heavy atom. The molecule has 0 amide bonds. The Bertz CT molecular complexity index is 178. The second-order valence-electron chi connectivity index (χ2n) is 3.16. The van der Waals surface area contributed by atoms with Gasteiger partial charge in [0, 0.05) is 18.9 Å². The first-order valence-electron chi connectivity index (χ1n) is 4.50. The summed E-state index contributed by atoms with van der Waals surface area (Å²) in [4.78, 5) is 0. The zero-order chi connectivity index (χ0) is 8.81. The van der Waals surface area contributed by atoms with Crippen LogP contribution in [0.5, 0.6) is 0 Å². The summed E-state index contributed by atoms with van der Waals surface area (Å²) in [6.45, 7) is 3.25. The van der Waals surface area contributed by atoms with Gasteiger partial charge in [0.2, 0.25) is 0 Å². The maximum absolute atomic E-state index is 9.54. The van der Waals surface area contributed by atoms with Crippen LogP contribution in [0, 0.1) is 17.8 Å². The number of hydrogen-bond acceptors (Lipinski definition) is 2. The SMILES string of the molecule is CC#CCCC1COCCC1O. The van der Waals surface area contributed by atoms with Gasteiger partial charge >= 0.3 is 0 Å². The van der Waals surface area contributed by atoms with E-state index in [1.165, 1.54) is 0 Å². The molecule has 1 fully saturated rings. The third-order valence-corrected chi connectivity index (χ3v) is 2.25. The Morgan fingerprint density at radius 3 is 3.08 bits per heavy atom. The lowest BCUT2D eigenvalue weighted by atomic mass is 9.94. The maximum atomic E-state index is 9.54. The summed E-state index contributed by atoms with van der Waals surface area (Å²) in [5.74, 6) is 6.15. The Morgan fingerprint density at radius 1 is 1.58 bits per heavy atom. The van der Waals surface area contributed by atoms with Gasteiger partial charge in [-0.3, -0.25) is 0 Å². The van der Waals surface area contributed by atoms with Crippen molar-refractivity contribution < 1.29 is 9.84 Å². The molecule has 0 aromatic rings. The van der Waals surface area contributed by atoms with Crippen molar-refractivity contribution in [3.63, 3.8) is 0 Å². The van der Waals surface area contributed by atoms with Crippen molar-refractivity contribution in [2.45, 2.75) is 32.3 Å². The summed E-state index contributed by atoms with van der Waals surface area (Å²) in [5, 5.41) is 9.54. The van der Waals surface area contributed by atoms with Gasteiger partial charge in [0.1, 0.15) is 0 Å². The Balaban J connectivity index is 2.23.